The van der Waals surface area contributed by atoms with Gasteiger partial charge in [-0.1, -0.05) is 81.7 Å². The van der Waals surface area contributed by atoms with Gasteiger partial charge in [-0.2, -0.15) is 0 Å². The quantitative estimate of drug-likeness (QED) is 0.312. The number of epoxide rings is 1. The van der Waals surface area contributed by atoms with Crippen molar-refractivity contribution in [1.82, 2.24) is 0 Å². The number of hydrogen-bond acceptors (Lipinski definition) is 2. The lowest BCUT2D eigenvalue weighted by atomic mass is 10.0. The Morgan fingerprint density at radius 3 is 1.96 bits per heavy atom. The monoisotopic (exact) mass is 318 g/mol. The summed E-state index contributed by atoms with van der Waals surface area (Å²) in [6, 6.07) is 10.9. The lowest BCUT2D eigenvalue weighted by Crippen LogP contribution is -2.02. The molecule has 0 saturated carbocycles. The fourth-order valence-electron chi connectivity index (χ4n) is 2.97. The molecule has 0 spiro atoms. The van der Waals surface area contributed by atoms with E-state index in [1.807, 2.05) is 0 Å². The molecule has 23 heavy (non-hydrogen) atoms. The molecule has 1 saturated heterocycles. The molecule has 1 unspecified atom stereocenters. The molecule has 2 rings (SSSR count). The fourth-order valence-corrected chi connectivity index (χ4v) is 2.97. The summed E-state index contributed by atoms with van der Waals surface area (Å²) in [5.41, 5.74) is 1.49. The third-order valence-corrected chi connectivity index (χ3v) is 4.55. The summed E-state index contributed by atoms with van der Waals surface area (Å²) in [6.07, 6.45) is 15.4. The van der Waals surface area contributed by atoms with Crippen LogP contribution in [0.15, 0.2) is 30.3 Å². The summed E-state index contributed by atoms with van der Waals surface area (Å²) >= 11 is 0. The van der Waals surface area contributed by atoms with E-state index in [9.17, 15) is 0 Å². The molecular weight excluding hydrogens is 284 g/mol. The Hall–Kier alpha value is -0.860. The van der Waals surface area contributed by atoms with Crippen LogP contribution in [0.1, 0.15) is 69.8 Å². The van der Waals surface area contributed by atoms with Gasteiger partial charge in [-0.3, -0.25) is 0 Å². The lowest BCUT2D eigenvalue weighted by Gasteiger charge is -2.04. The minimum atomic E-state index is 0.419. The van der Waals surface area contributed by atoms with Gasteiger partial charge in [-0.05, 0) is 24.8 Å². The number of ether oxygens (including phenoxy) is 2. The largest absolute Gasteiger partial charge is 0.379 e. The Balaban J connectivity index is 1.24. The van der Waals surface area contributed by atoms with Crippen LogP contribution in [0.2, 0.25) is 0 Å². The van der Waals surface area contributed by atoms with Crippen molar-refractivity contribution in [3.63, 3.8) is 0 Å². The van der Waals surface area contributed by atoms with Gasteiger partial charge in [-0.15, -0.1) is 0 Å². The van der Waals surface area contributed by atoms with Crippen molar-refractivity contribution in [3.05, 3.63) is 35.9 Å². The van der Waals surface area contributed by atoms with Crippen LogP contribution in [0.3, 0.4) is 0 Å². The Labute approximate surface area is 142 Å². The van der Waals surface area contributed by atoms with Gasteiger partial charge >= 0.3 is 0 Å². The molecule has 0 bridgehead atoms. The Morgan fingerprint density at radius 1 is 0.783 bits per heavy atom. The molecule has 0 amide bonds. The van der Waals surface area contributed by atoms with Crippen LogP contribution in [0.5, 0.6) is 0 Å². The van der Waals surface area contributed by atoms with Gasteiger partial charge in [0.1, 0.15) is 6.10 Å². The van der Waals surface area contributed by atoms with E-state index in [0.717, 1.165) is 19.8 Å². The predicted molar refractivity (Wildman–Crippen MR) is 96.9 cm³/mol. The van der Waals surface area contributed by atoms with E-state index in [4.69, 9.17) is 9.47 Å². The molecule has 1 aromatic carbocycles. The van der Waals surface area contributed by atoms with E-state index in [2.05, 4.69) is 30.3 Å². The molecule has 2 heteroatoms. The molecule has 1 aliphatic heterocycles. The Morgan fingerprint density at radius 2 is 1.35 bits per heavy atom. The first-order valence-corrected chi connectivity index (χ1v) is 9.68. The zero-order valence-corrected chi connectivity index (χ0v) is 14.7. The van der Waals surface area contributed by atoms with Crippen molar-refractivity contribution in [2.24, 2.45) is 0 Å². The first kappa shape index (κ1) is 18.5. The Kier molecular flexibility index (Phi) is 10.1. The third-order valence-electron chi connectivity index (χ3n) is 4.55. The first-order valence-electron chi connectivity index (χ1n) is 9.68. The second-order valence-corrected chi connectivity index (χ2v) is 6.80. The summed E-state index contributed by atoms with van der Waals surface area (Å²) in [6.45, 7) is 2.64. The number of aryl methyl sites for hydroxylation is 1. The van der Waals surface area contributed by atoms with Crippen LogP contribution < -0.4 is 0 Å². The van der Waals surface area contributed by atoms with Gasteiger partial charge in [0.05, 0.1) is 13.2 Å². The fraction of sp³-hybridized carbons (Fsp3) is 0.714. The second-order valence-electron chi connectivity index (χ2n) is 6.80. The van der Waals surface area contributed by atoms with Crippen molar-refractivity contribution in [2.45, 2.75) is 76.7 Å². The van der Waals surface area contributed by atoms with Gasteiger partial charge in [0.25, 0.3) is 0 Å². The van der Waals surface area contributed by atoms with E-state index >= 15 is 0 Å². The van der Waals surface area contributed by atoms with Gasteiger partial charge < -0.3 is 9.47 Å². The van der Waals surface area contributed by atoms with Crippen LogP contribution in [0.4, 0.5) is 0 Å². The molecule has 2 nitrogen and oxygen atoms in total. The van der Waals surface area contributed by atoms with Gasteiger partial charge in [0, 0.05) is 6.61 Å². The van der Waals surface area contributed by atoms with Crippen molar-refractivity contribution >= 4 is 0 Å². The molecule has 0 N–H and O–H groups in total. The molecule has 0 aromatic heterocycles. The highest BCUT2D eigenvalue weighted by molar-refractivity contribution is 5.14. The van der Waals surface area contributed by atoms with Crippen LogP contribution in [0.25, 0.3) is 0 Å². The van der Waals surface area contributed by atoms with Crippen LogP contribution in [-0.2, 0) is 15.9 Å². The maximum Gasteiger partial charge on any atom is 0.104 e. The minimum absolute atomic E-state index is 0.419. The molecular formula is C21H34O2. The number of rotatable bonds is 15. The first-order chi connectivity index (χ1) is 11.4. The van der Waals surface area contributed by atoms with Crippen molar-refractivity contribution in [2.75, 3.05) is 19.8 Å². The highest BCUT2D eigenvalue weighted by Crippen LogP contribution is 2.13. The molecule has 1 aliphatic rings. The Bertz CT molecular complexity index is 373. The van der Waals surface area contributed by atoms with E-state index < -0.39 is 0 Å². The topological polar surface area (TPSA) is 21.8 Å². The highest BCUT2D eigenvalue weighted by Gasteiger charge is 2.21. The van der Waals surface area contributed by atoms with E-state index in [1.165, 1.54) is 76.2 Å². The zero-order valence-electron chi connectivity index (χ0n) is 14.7. The highest BCUT2D eigenvalue weighted by atomic mass is 16.6. The van der Waals surface area contributed by atoms with Gasteiger partial charge in [0.2, 0.25) is 0 Å². The molecule has 130 valence electrons. The lowest BCUT2D eigenvalue weighted by molar-refractivity contribution is 0.113. The third kappa shape index (κ3) is 10.5. The second kappa shape index (κ2) is 12.5. The van der Waals surface area contributed by atoms with Crippen molar-refractivity contribution < 1.29 is 9.47 Å². The molecule has 1 atom stereocenters. The summed E-state index contributed by atoms with van der Waals surface area (Å²) in [4.78, 5) is 0. The van der Waals surface area contributed by atoms with E-state index in [0.29, 0.717) is 6.10 Å². The standard InChI is InChI=1S/C21H34O2/c1(2-4-6-8-13-17-22-18-21-19-23-21)3-5-7-10-14-20-15-11-9-12-16-20/h9,11-12,15-16,21H,1-8,10,13-14,17-19H2. The molecule has 0 aliphatic carbocycles. The predicted octanol–water partition coefficient (Wildman–Crippen LogP) is 5.55. The summed E-state index contributed by atoms with van der Waals surface area (Å²) < 4.78 is 10.7. The normalized spacial score (nSPS) is 16.6. The molecule has 1 aromatic rings. The van der Waals surface area contributed by atoms with Gasteiger partial charge in [-0.25, -0.2) is 0 Å². The van der Waals surface area contributed by atoms with E-state index in [1.54, 1.807) is 0 Å². The average Bonchev–Trinajstić information content (AvgIpc) is 3.40. The van der Waals surface area contributed by atoms with Crippen molar-refractivity contribution in [1.29, 1.82) is 0 Å². The molecule has 0 radical (unpaired) electrons. The average molecular weight is 319 g/mol. The van der Waals surface area contributed by atoms with Gasteiger partial charge in [0.15, 0.2) is 0 Å². The number of benzene rings is 1. The van der Waals surface area contributed by atoms with Crippen molar-refractivity contribution in [3.8, 4) is 0 Å². The smallest absolute Gasteiger partial charge is 0.104 e. The summed E-state index contributed by atoms with van der Waals surface area (Å²) in [5, 5.41) is 0. The molecule has 1 heterocycles. The zero-order chi connectivity index (χ0) is 16.0. The van der Waals surface area contributed by atoms with Crippen LogP contribution in [0, 0.1) is 0 Å². The number of unbranched alkanes of at least 4 members (excludes halogenated alkanes) is 9. The van der Waals surface area contributed by atoms with E-state index in [-0.39, 0.29) is 0 Å². The SMILES string of the molecule is c1ccc(CCCCCCCCCCCCOCC2CO2)cc1. The number of hydrogen-bond donors (Lipinski definition) is 0. The summed E-state index contributed by atoms with van der Waals surface area (Å²) in [7, 11) is 0. The summed E-state index contributed by atoms with van der Waals surface area (Å²) in [5.74, 6) is 0. The minimum Gasteiger partial charge on any atom is -0.379 e. The van der Waals surface area contributed by atoms with Crippen LogP contribution in [-0.4, -0.2) is 25.9 Å². The maximum atomic E-state index is 5.55. The maximum absolute atomic E-state index is 5.55. The van der Waals surface area contributed by atoms with Crippen LogP contribution >= 0.6 is 0 Å². The molecule has 1 fully saturated rings.